The van der Waals surface area contributed by atoms with E-state index in [0.717, 1.165) is 0 Å². The van der Waals surface area contributed by atoms with E-state index in [4.69, 9.17) is 0 Å². The van der Waals surface area contributed by atoms with Crippen LogP contribution in [0.4, 0.5) is 0 Å². The fourth-order valence-electron chi connectivity index (χ4n) is 1.47. The molecule has 14 heavy (non-hydrogen) atoms. The van der Waals surface area contributed by atoms with Gasteiger partial charge in [-0.3, -0.25) is 0 Å². The Morgan fingerprint density at radius 2 is 2.36 bits per heavy atom. The normalized spacial score (nSPS) is 13.0. The number of thioether (sulfide) groups is 1. The summed E-state index contributed by atoms with van der Waals surface area (Å²) in [5.74, 6) is 1.26. The first-order valence-corrected chi connectivity index (χ1v) is 7.37. The van der Waals surface area contributed by atoms with Gasteiger partial charge >= 0.3 is 0 Å². The molecule has 1 atom stereocenters. The lowest BCUT2D eigenvalue weighted by Gasteiger charge is -2.14. The molecule has 0 aliphatic carbocycles. The minimum Gasteiger partial charge on any atom is -0.317 e. The molecule has 1 heterocycles. The van der Waals surface area contributed by atoms with Crippen LogP contribution in [0.1, 0.15) is 18.4 Å². The van der Waals surface area contributed by atoms with E-state index in [9.17, 15) is 0 Å². The van der Waals surface area contributed by atoms with Crippen LogP contribution >= 0.6 is 23.1 Å². The Morgan fingerprint density at radius 3 is 2.93 bits per heavy atom. The standard InChI is InChI=1S/C11H19NS2/c1-12-11(6-7-13-2)4-3-10-5-8-14-9-10/h5,8-9,11-12H,3-4,6-7H2,1-2H3. The van der Waals surface area contributed by atoms with E-state index in [1.54, 1.807) is 11.3 Å². The van der Waals surface area contributed by atoms with Crippen molar-refractivity contribution in [3.63, 3.8) is 0 Å². The van der Waals surface area contributed by atoms with E-state index in [1.807, 2.05) is 11.8 Å². The lowest BCUT2D eigenvalue weighted by atomic mass is 10.1. The summed E-state index contributed by atoms with van der Waals surface area (Å²) >= 11 is 3.72. The van der Waals surface area contributed by atoms with Crippen LogP contribution in [-0.4, -0.2) is 25.1 Å². The first kappa shape index (κ1) is 12.1. The van der Waals surface area contributed by atoms with Gasteiger partial charge in [0.15, 0.2) is 0 Å². The zero-order valence-corrected chi connectivity index (χ0v) is 10.6. The van der Waals surface area contributed by atoms with Gasteiger partial charge in [0.05, 0.1) is 0 Å². The molecule has 0 bridgehead atoms. The van der Waals surface area contributed by atoms with E-state index in [0.29, 0.717) is 6.04 Å². The smallest absolute Gasteiger partial charge is 0.00750 e. The van der Waals surface area contributed by atoms with Gasteiger partial charge in [0, 0.05) is 6.04 Å². The number of nitrogens with one attached hydrogen (secondary N) is 1. The lowest BCUT2D eigenvalue weighted by molar-refractivity contribution is 0.512. The third kappa shape index (κ3) is 4.49. The van der Waals surface area contributed by atoms with Gasteiger partial charge in [-0.2, -0.15) is 23.1 Å². The predicted octanol–water partition coefficient (Wildman–Crippen LogP) is 3.02. The largest absolute Gasteiger partial charge is 0.317 e. The first-order chi connectivity index (χ1) is 6.86. The van der Waals surface area contributed by atoms with E-state index in [-0.39, 0.29) is 0 Å². The molecule has 3 heteroatoms. The Kier molecular flexibility index (Phi) is 6.32. The topological polar surface area (TPSA) is 12.0 Å². The maximum Gasteiger partial charge on any atom is 0.00750 e. The molecule has 1 nitrogen and oxygen atoms in total. The number of rotatable bonds is 7. The Labute approximate surface area is 95.3 Å². The third-order valence-electron chi connectivity index (χ3n) is 2.44. The van der Waals surface area contributed by atoms with Crippen molar-refractivity contribution in [3.05, 3.63) is 22.4 Å². The monoisotopic (exact) mass is 229 g/mol. The molecule has 0 radical (unpaired) electrons. The Hall–Kier alpha value is 0.01000. The maximum atomic E-state index is 3.39. The second-order valence-electron chi connectivity index (χ2n) is 3.44. The molecule has 0 spiro atoms. The zero-order valence-electron chi connectivity index (χ0n) is 8.95. The van der Waals surface area contributed by atoms with Crippen molar-refractivity contribution >= 4 is 23.1 Å². The van der Waals surface area contributed by atoms with Gasteiger partial charge in [0.2, 0.25) is 0 Å². The van der Waals surface area contributed by atoms with Crippen LogP contribution in [0.25, 0.3) is 0 Å². The van der Waals surface area contributed by atoms with E-state index in [2.05, 4.69) is 35.4 Å². The summed E-state index contributed by atoms with van der Waals surface area (Å²) in [6, 6.07) is 2.91. The number of hydrogen-bond acceptors (Lipinski definition) is 3. The van der Waals surface area contributed by atoms with Crippen LogP contribution in [0.15, 0.2) is 16.8 Å². The predicted molar refractivity (Wildman–Crippen MR) is 68.5 cm³/mol. The molecule has 1 rings (SSSR count). The molecular formula is C11H19NS2. The summed E-state index contributed by atoms with van der Waals surface area (Å²) < 4.78 is 0. The fraction of sp³-hybridized carbons (Fsp3) is 0.636. The first-order valence-electron chi connectivity index (χ1n) is 5.04. The van der Waals surface area contributed by atoms with Crippen LogP contribution < -0.4 is 5.32 Å². The maximum absolute atomic E-state index is 3.39. The van der Waals surface area contributed by atoms with Gasteiger partial charge in [-0.15, -0.1) is 0 Å². The van der Waals surface area contributed by atoms with Gasteiger partial charge in [0.1, 0.15) is 0 Å². The summed E-state index contributed by atoms with van der Waals surface area (Å²) in [5, 5.41) is 7.80. The van der Waals surface area contributed by atoms with Crippen LogP contribution in [0.2, 0.25) is 0 Å². The Bertz CT molecular complexity index is 221. The van der Waals surface area contributed by atoms with Crippen LogP contribution in [-0.2, 0) is 6.42 Å². The van der Waals surface area contributed by atoms with Crippen molar-refractivity contribution in [2.24, 2.45) is 0 Å². The molecule has 1 aromatic rings. The molecule has 0 amide bonds. The van der Waals surface area contributed by atoms with Gasteiger partial charge in [-0.05, 0) is 60.7 Å². The number of aryl methyl sites for hydroxylation is 1. The molecule has 0 saturated heterocycles. The highest BCUT2D eigenvalue weighted by Crippen LogP contribution is 2.12. The average Bonchev–Trinajstić information content (AvgIpc) is 2.71. The van der Waals surface area contributed by atoms with Crippen molar-refractivity contribution in [1.82, 2.24) is 5.32 Å². The van der Waals surface area contributed by atoms with Crippen molar-refractivity contribution in [1.29, 1.82) is 0 Å². The van der Waals surface area contributed by atoms with Crippen LogP contribution in [0.3, 0.4) is 0 Å². The summed E-state index contributed by atoms with van der Waals surface area (Å²) in [6.45, 7) is 0. The SMILES string of the molecule is CNC(CCSC)CCc1ccsc1. The quantitative estimate of drug-likeness (QED) is 0.771. The van der Waals surface area contributed by atoms with Gasteiger partial charge in [-0.25, -0.2) is 0 Å². The van der Waals surface area contributed by atoms with Crippen molar-refractivity contribution in [2.75, 3.05) is 19.1 Å². The molecule has 0 saturated carbocycles. The highest BCUT2D eigenvalue weighted by Gasteiger charge is 2.05. The van der Waals surface area contributed by atoms with Crippen molar-refractivity contribution in [2.45, 2.75) is 25.3 Å². The summed E-state index contributed by atoms with van der Waals surface area (Å²) in [5.41, 5.74) is 1.49. The van der Waals surface area contributed by atoms with E-state index < -0.39 is 0 Å². The van der Waals surface area contributed by atoms with Crippen molar-refractivity contribution < 1.29 is 0 Å². The summed E-state index contributed by atoms with van der Waals surface area (Å²) in [6.07, 6.45) is 5.92. The second kappa shape index (κ2) is 7.32. The lowest BCUT2D eigenvalue weighted by Crippen LogP contribution is -2.26. The van der Waals surface area contributed by atoms with Gasteiger partial charge < -0.3 is 5.32 Å². The molecule has 1 unspecified atom stereocenters. The molecule has 0 aliphatic rings. The molecule has 1 aromatic heterocycles. The summed E-state index contributed by atoms with van der Waals surface area (Å²) in [7, 11) is 2.07. The minimum atomic E-state index is 0.683. The van der Waals surface area contributed by atoms with E-state index in [1.165, 1.54) is 30.6 Å². The molecule has 0 aromatic carbocycles. The highest BCUT2D eigenvalue weighted by molar-refractivity contribution is 7.98. The minimum absolute atomic E-state index is 0.683. The second-order valence-corrected chi connectivity index (χ2v) is 5.20. The average molecular weight is 229 g/mol. The van der Waals surface area contributed by atoms with Gasteiger partial charge in [-0.1, -0.05) is 0 Å². The molecule has 0 aliphatic heterocycles. The van der Waals surface area contributed by atoms with Crippen LogP contribution in [0, 0.1) is 0 Å². The zero-order chi connectivity index (χ0) is 10.2. The number of thiophene rings is 1. The fourth-order valence-corrected chi connectivity index (χ4v) is 2.69. The van der Waals surface area contributed by atoms with Gasteiger partial charge in [0.25, 0.3) is 0 Å². The highest BCUT2D eigenvalue weighted by atomic mass is 32.2. The molecular weight excluding hydrogens is 210 g/mol. The summed E-state index contributed by atoms with van der Waals surface area (Å²) in [4.78, 5) is 0. The molecule has 80 valence electrons. The van der Waals surface area contributed by atoms with E-state index >= 15 is 0 Å². The molecule has 0 fully saturated rings. The Morgan fingerprint density at radius 1 is 1.50 bits per heavy atom. The number of hydrogen-bond donors (Lipinski definition) is 1. The third-order valence-corrected chi connectivity index (χ3v) is 3.82. The van der Waals surface area contributed by atoms with Crippen molar-refractivity contribution in [3.8, 4) is 0 Å². The van der Waals surface area contributed by atoms with Crippen LogP contribution in [0.5, 0.6) is 0 Å². The Balaban J connectivity index is 2.20. The molecule has 1 N–H and O–H groups in total.